The summed E-state index contributed by atoms with van der Waals surface area (Å²) in [5.41, 5.74) is 2.81. The first-order valence-corrected chi connectivity index (χ1v) is 10.4. The van der Waals surface area contributed by atoms with Gasteiger partial charge in [0, 0.05) is 13.1 Å². The van der Waals surface area contributed by atoms with Crippen molar-refractivity contribution in [3.05, 3.63) is 65.0 Å². The summed E-state index contributed by atoms with van der Waals surface area (Å²) in [6.45, 7) is 8.33. The minimum absolute atomic E-state index is 0.178. The van der Waals surface area contributed by atoms with Gasteiger partial charge < -0.3 is 15.0 Å². The Kier molecular flexibility index (Phi) is 8.84. The van der Waals surface area contributed by atoms with Crippen LogP contribution in [-0.2, 0) is 16.1 Å². The average molecular weight is 415 g/mol. The van der Waals surface area contributed by atoms with Crippen molar-refractivity contribution in [2.45, 2.75) is 53.1 Å². The van der Waals surface area contributed by atoms with Crippen LogP contribution >= 0.6 is 0 Å². The molecule has 6 heteroatoms. The van der Waals surface area contributed by atoms with Crippen LogP contribution in [0, 0.1) is 19.7 Å². The number of ether oxygens (including phenoxy) is 1. The van der Waals surface area contributed by atoms with Crippen LogP contribution in [0.3, 0.4) is 0 Å². The van der Waals surface area contributed by atoms with Gasteiger partial charge in [-0.25, -0.2) is 4.39 Å². The van der Waals surface area contributed by atoms with Crippen LogP contribution in [0.15, 0.2) is 42.5 Å². The van der Waals surface area contributed by atoms with Crippen LogP contribution in [0.4, 0.5) is 4.39 Å². The Morgan fingerprint density at radius 1 is 1.10 bits per heavy atom. The molecular formula is C24H31FN2O3. The summed E-state index contributed by atoms with van der Waals surface area (Å²) < 4.78 is 19.0. The Bertz CT molecular complexity index is 852. The number of benzene rings is 2. The van der Waals surface area contributed by atoms with Gasteiger partial charge in [0.15, 0.2) is 6.61 Å². The largest absolute Gasteiger partial charge is 0.483 e. The first kappa shape index (κ1) is 23.4. The van der Waals surface area contributed by atoms with E-state index in [0.717, 1.165) is 23.1 Å². The molecule has 0 bridgehead atoms. The van der Waals surface area contributed by atoms with Crippen molar-refractivity contribution in [1.29, 1.82) is 0 Å². The summed E-state index contributed by atoms with van der Waals surface area (Å²) in [6, 6.07) is 11.1. The standard InChI is InChI=1S/C24H31FN2O3/c1-5-13-26-24(29)21(6-2)27(15-19-8-10-20(25)11-9-19)23(28)16-30-22-12-7-17(3)14-18(22)4/h7-12,14,21H,5-6,13,15-16H2,1-4H3,(H,26,29)/t21-/m0/s1. The van der Waals surface area contributed by atoms with Crippen molar-refractivity contribution in [2.75, 3.05) is 13.2 Å². The highest BCUT2D eigenvalue weighted by atomic mass is 19.1. The third-order valence-corrected chi connectivity index (χ3v) is 4.88. The van der Waals surface area contributed by atoms with Gasteiger partial charge in [-0.05, 0) is 56.0 Å². The number of hydrogen-bond acceptors (Lipinski definition) is 3. The number of carbonyl (C=O) groups is 2. The lowest BCUT2D eigenvalue weighted by molar-refractivity contribution is -0.143. The van der Waals surface area contributed by atoms with Crippen molar-refractivity contribution in [2.24, 2.45) is 0 Å². The Hall–Kier alpha value is -2.89. The monoisotopic (exact) mass is 414 g/mol. The van der Waals surface area contributed by atoms with E-state index in [2.05, 4.69) is 5.32 Å². The number of nitrogens with one attached hydrogen (secondary N) is 1. The van der Waals surface area contributed by atoms with Gasteiger partial charge in [0.05, 0.1) is 0 Å². The smallest absolute Gasteiger partial charge is 0.261 e. The minimum Gasteiger partial charge on any atom is -0.483 e. The second-order valence-corrected chi connectivity index (χ2v) is 7.42. The summed E-state index contributed by atoms with van der Waals surface area (Å²) in [5, 5.41) is 2.87. The van der Waals surface area contributed by atoms with Crippen LogP contribution in [0.2, 0.25) is 0 Å². The van der Waals surface area contributed by atoms with Crippen LogP contribution < -0.4 is 10.1 Å². The summed E-state index contributed by atoms with van der Waals surface area (Å²) in [6.07, 6.45) is 1.27. The second kappa shape index (κ2) is 11.3. The van der Waals surface area contributed by atoms with Crippen LogP contribution in [0.5, 0.6) is 5.75 Å². The molecular weight excluding hydrogens is 383 g/mol. The van der Waals surface area contributed by atoms with Crippen molar-refractivity contribution in [3.63, 3.8) is 0 Å². The Morgan fingerprint density at radius 3 is 2.40 bits per heavy atom. The molecule has 0 aliphatic rings. The first-order valence-electron chi connectivity index (χ1n) is 10.4. The maximum Gasteiger partial charge on any atom is 0.261 e. The highest BCUT2D eigenvalue weighted by Crippen LogP contribution is 2.19. The summed E-state index contributed by atoms with van der Waals surface area (Å²) in [4.78, 5) is 27.3. The molecule has 0 saturated heterocycles. The molecule has 0 aliphatic carbocycles. The van der Waals surface area contributed by atoms with E-state index < -0.39 is 6.04 Å². The number of hydrogen-bond donors (Lipinski definition) is 1. The van der Waals surface area contributed by atoms with Crippen molar-refractivity contribution in [3.8, 4) is 5.75 Å². The highest BCUT2D eigenvalue weighted by molar-refractivity contribution is 5.88. The lowest BCUT2D eigenvalue weighted by atomic mass is 10.1. The van der Waals surface area contributed by atoms with Crippen molar-refractivity contribution in [1.82, 2.24) is 10.2 Å². The van der Waals surface area contributed by atoms with Gasteiger partial charge in [0.1, 0.15) is 17.6 Å². The van der Waals surface area contributed by atoms with Gasteiger partial charge in [-0.1, -0.05) is 43.7 Å². The van der Waals surface area contributed by atoms with Crippen molar-refractivity contribution < 1.29 is 18.7 Å². The zero-order chi connectivity index (χ0) is 22.1. The molecule has 162 valence electrons. The maximum atomic E-state index is 13.3. The van der Waals surface area contributed by atoms with E-state index in [0.29, 0.717) is 18.7 Å². The van der Waals surface area contributed by atoms with E-state index in [-0.39, 0.29) is 30.8 Å². The number of aryl methyl sites for hydroxylation is 2. The van der Waals surface area contributed by atoms with E-state index in [1.165, 1.54) is 17.0 Å². The van der Waals surface area contributed by atoms with E-state index >= 15 is 0 Å². The fraction of sp³-hybridized carbons (Fsp3) is 0.417. The molecule has 1 atom stereocenters. The molecule has 2 aromatic carbocycles. The molecule has 2 rings (SSSR count). The predicted molar refractivity (Wildman–Crippen MR) is 116 cm³/mol. The summed E-state index contributed by atoms with van der Waals surface area (Å²) in [7, 11) is 0. The quantitative estimate of drug-likeness (QED) is 0.635. The SMILES string of the molecule is CCCNC(=O)[C@H](CC)N(Cc1ccc(F)cc1)C(=O)COc1ccc(C)cc1C. The van der Waals surface area contributed by atoms with Crippen molar-refractivity contribution >= 4 is 11.8 Å². The zero-order valence-electron chi connectivity index (χ0n) is 18.2. The molecule has 0 heterocycles. The number of nitrogens with zero attached hydrogens (tertiary/aromatic N) is 1. The lowest BCUT2D eigenvalue weighted by Gasteiger charge is -2.30. The number of amides is 2. The van der Waals surface area contributed by atoms with E-state index in [1.807, 2.05) is 45.9 Å². The Labute approximate surface area is 178 Å². The van der Waals surface area contributed by atoms with Gasteiger partial charge in [-0.3, -0.25) is 9.59 Å². The van der Waals surface area contributed by atoms with E-state index in [1.54, 1.807) is 12.1 Å². The molecule has 2 aromatic rings. The number of rotatable bonds is 10. The van der Waals surface area contributed by atoms with Crippen LogP contribution in [-0.4, -0.2) is 35.9 Å². The molecule has 0 aliphatic heterocycles. The van der Waals surface area contributed by atoms with Gasteiger partial charge in [-0.15, -0.1) is 0 Å². The molecule has 1 N–H and O–H groups in total. The second-order valence-electron chi connectivity index (χ2n) is 7.42. The molecule has 30 heavy (non-hydrogen) atoms. The molecule has 0 aromatic heterocycles. The van der Waals surface area contributed by atoms with Crippen LogP contribution in [0.1, 0.15) is 43.4 Å². The van der Waals surface area contributed by atoms with Crippen LogP contribution in [0.25, 0.3) is 0 Å². The topological polar surface area (TPSA) is 58.6 Å². The molecule has 0 spiro atoms. The van der Waals surface area contributed by atoms with Gasteiger partial charge in [0.2, 0.25) is 5.91 Å². The first-order chi connectivity index (χ1) is 14.3. The molecule has 2 amide bonds. The molecule has 0 radical (unpaired) electrons. The van der Waals surface area contributed by atoms with E-state index in [4.69, 9.17) is 4.74 Å². The molecule has 0 unspecified atom stereocenters. The fourth-order valence-corrected chi connectivity index (χ4v) is 3.26. The average Bonchev–Trinajstić information content (AvgIpc) is 2.72. The Morgan fingerprint density at radius 2 is 1.80 bits per heavy atom. The Balaban J connectivity index is 2.20. The third-order valence-electron chi connectivity index (χ3n) is 4.88. The normalized spacial score (nSPS) is 11.6. The minimum atomic E-state index is -0.628. The van der Waals surface area contributed by atoms with Gasteiger partial charge in [-0.2, -0.15) is 0 Å². The number of carbonyl (C=O) groups excluding carboxylic acids is 2. The lowest BCUT2D eigenvalue weighted by Crippen LogP contribution is -2.50. The van der Waals surface area contributed by atoms with E-state index in [9.17, 15) is 14.0 Å². The number of halogens is 1. The molecule has 5 nitrogen and oxygen atoms in total. The predicted octanol–water partition coefficient (Wildman–Crippen LogP) is 4.15. The molecule has 0 saturated carbocycles. The van der Waals surface area contributed by atoms with Gasteiger partial charge in [0.25, 0.3) is 5.91 Å². The van der Waals surface area contributed by atoms with Gasteiger partial charge >= 0.3 is 0 Å². The maximum absolute atomic E-state index is 13.3. The summed E-state index contributed by atoms with van der Waals surface area (Å²) in [5.74, 6) is -0.194. The third kappa shape index (κ3) is 6.58. The molecule has 0 fully saturated rings. The zero-order valence-corrected chi connectivity index (χ0v) is 18.2. The fourth-order valence-electron chi connectivity index (χ4n) is 3.26. The summed E-state index contributed by atoms with van der Waals surface area (Å²) >= 11 is 0. The highest BCUT2D eigenvalue weighted by Gasteiger charge is 2.28.